The van der Waals surface area contributed by atoms with Gasteiger partial charge in [0.05, 0.1) is 6.20 Å². The number of hydrogen-bond acceptors (Lipinski definition) is 5. The van der Waals surface area contributed by atoms with Crippen LogP contribution in [0.2, 0.25) is 0 Å². The molecule has 3 unspecified atom stereocenters. The van der Waals surface area contributed by atoms with Crippen LogP contribution >= 0.6 is 36.2 Å². The Morgan fingerprint density at radius 1 is 1.59 bits per heavy atom. The smallest absolute Gasteiger partial charge is 0.265 e. The van der Waals surface area contributed by atoms with E-state index in [0.717, 1.165) is 18.0 Å². The first-order chi connectivity index (χ1) is 9.56. The molecule has 2 rings (SSSR count). The molecular formula is C14H25Cl2N3O2S. The Labute approximate surface area is 148 Å². The topological polar surface area (TPSA) is 68.5 Å². The van der Waals surface area contributed by atoms with E-state index in [2.05, 4.69) is 11.9 Å². The third kappa shape index (κ3) is 4.80. The number of aromatic nitrogens is 1. The van der Waals surface area contributed by atoms with E-state index < -0.39 is 0 Å². The average Bonchev–Trinajstić information content (AvgIpc) is 3.04. The summed E-state index contributed by atoms with van der Waals surface area (Å²) in [4.78, 5) is 19.4. The van der Waals surface area contributed by atoms with Gasteiger partial charge in [-0.1, -0.05) is 0 Å². The maximum Gasteiger partial charge on any atom is 0.265 e. The van der Waals surface area contributed by atoms with Gasteiger partial charge in [-0.2, -0.15) is 0 Å². The zero-order valence-electron chi connectivity index (χ0n) is 13.2. The van der Waals surface area contributed by atoms with E-state index in [0.29, 0.717) is 23.9 Å². The van der Waals surface area contributed by atoms with Gasteiger partial charge in [0.1, 0.15) is 16.0 Å². The number of amides is 1. The van der Waals surface area contributed by atoms with Crippen LogP contribution in [0, 0.1) is 5.92 Å². The Balaban J connectivity index is 0.00000220. The SMILES string of the molecule is CCOC(C)c1ncc(C(=O)N2CC(CN)CC2C)s1.Cl.Cl. The molecular weight excluding hydrogens is 345 g/mol. The van der Waals surface area contributed by atoms with E-state index in [1.165, 1.54) is 11.3 Å². The second-order valence-corrected chi connectivity index (χ2v) is 6.37. The monoisotopic (exact) mass is 369 g/mol. The largest absolute Gasteiger partial charge is 0.372 e. The number of carbonyl (C=O) groups is 1. The molecule has 0 saturated carbocycles. The molecule has 128 valence electrons. The van der Waals surface area contributed by atoms with Gasteiger partial charge in [-0.25, -0.2) is 4.98 Å². The van der Waals surface area contributed by atoms with Crippen molar-refractivity contribution in [3.05, 3.63) is 16.1 Å². The molecule has 3 atom stereocenters. The summed E-state index contributed by atoms with van der Waals surface area (Å²) in [5.41, 5.74) is 5.71. The highest BCUT2D eigenvalue weighted by Gasteiger charge is 2.33. The van der Waals surface area contributed by atoms with E-state index in [1.54, 1.807) is 6.20 Å². The Bertz CT molecular complexity index is 473. The van der Waals surface area contributed by atoms with Gasteiger partial charge in [-0.05, 0) is 39.7 Å². The summed E-state index contributed by atoms with van der Waals surface area (Å²) in [6.07, 6.45) is 2.60. The van der Waals surface area contributed by atoms with Gasteiger partial charge >= 0.3 is 0 Å². The molecule has 1 aromatic heterocycles. The van der Waals surface area contributed by atoms with E-state index in [4.69, 9.17) is 10.5 Å². The first kappa shape index (κ1) is 21.6. The van der Waals surface area contributed by atoms with Gasteiger partial charge in [0.15, 0.2) is 0 Å². The zero-order chi connectivity index (χ0) is 14.7. The van der Waals surface area contributed by atoms with Gasteiger partial charge in [0, 0.05) is 19.2 Å². The molecule has 8 heteroatoms. The molecule has 0 aromatic carbocycles. The molecule has 0 radical (unpaired) electrons. The number of carbonyl (C=O) groups excluding carboxylic acids is 1. The number of ether oxygens (including phenoxy) is 1. The quantitative estimate of drug-likeness (QED) is 0.865. The lowest BCUT2D eigenvalue weighted by molar-refractivity contribution is 0.0748. The van der Waals surface area contributed by atoms with Crippen LogP contribution in [0.4, 0.5) is 0 Å². The van der Waals surface area contributed by atoms with Crippen LogP contribution in [0.1, 0.15) is 48.0 Å². The van der Waals surface area contributed by atoms with Crippen molar-refractivity contribution in [3.8, 4) is 0 Å². The van der Waals surface area contributed by atoms with E-state index in [9.17, 15) is 4.79 Å². The van der Waals surface area contributed by atoms with Crippen molar-refractivity contribution in [2.75, 3.05) is 19.7 Å². The van der Waals surface area contributed by atoms with E-state index in [1.807, 2.05) is 18.7 Å². The molecule has 5 nitrogen and oxygen atoms in total. The number of thiazole rings is 1. The Morgan fingerprint density at radius 2 is 2.27 bits per heavy atom. The summed E-state index contributed by atoms with van der Waals surface area (Å²) in [6, 6.07) is 0.255. The number of likely N-dealkylation sites (tertiary alicyclic amines) is 1. The molecule has 1 saturated heterocycles. The molecule has 1 aliphatic heterocycles. The van der Waals surface area contributed by atoms with Crippen molar-refractivity contribution < 1.29 is 9.53 Å². The lowest BCUT2D eigenvalue weighted by atomic mass is 10.1. The van der Waals surface area contributed by atoms with Crippen LogP contribution in [-0.2, 0) is 4.74 Å². The maximum atomic E-state index is 12.5. The van der Waals surface area contributed by atoms with Gasteiger partial charge in [-0.15, -0.1) is 36.2 Å². The summed E-state index contributed by atoms with van der Waals surface area (Å²) in [5.74, 6) is 0.490. The summed E-state index contributed by atoms with van der Waals surface area (Å²) in [5, 5.41) is 0.859. The third-order valence-corrected chi connectivity index (χ3v) is 4.90. The minimum atomic E-state index is -0.0562. The van der Waals surface area contributed by atoms with Crippen LogP contribution < -0.4 is 5.73 Å². The number of nitrogens with two attached hydrogens (primary N) is 1. The highest BCUT2D eigenvalue weighted by atomic mass is 35.5. The standard InChI is InChI=1S/C14H23N3O2S.2ClH/c1-4-19-10(3)13-16-7-12(20-13)14(18)17-8-11(6-15)5-9(17)2;;/h7,9-11H,4-6,8,15H2,1-3H3;2*1H. The predicted octanol–water partition coefficient (Wildman–Crippen LogP) is 2.89. The molecule has 0 aliphatic carbocycles. The fourth-order valence-electron chi connectivity index (χ4n) is 2.63. The van der Waals surface area contributed by atoms with Crippen LogP contribution in [-0.4, -0.2) is 41.5 Å². The molecule has 1 amide bonds. The zero-order valence-corrected chi connectivity index (χ0v) is 15.6. The second kappa shape index (κ2) is 9.67. The van der Waals surface area contributed by atoms with Crippen molar-refractivity contribution in [1.82, 2.24) is 9.88 Å². The Morgan fingerprint density at radius 3 is 2.82 bits per heavy atom. The van der Waals surface area contributed by atoms with Crippen LogP contribution in [0.5, 0.6) is 0 Å². The molecule has 1 aromatic rings. The first-order valence-corrected chi connectivity index (χ1v) is 7.96. The third-order valence-electron chi connectivity index (χ3n) is 3.75. The van der Waals surface area contributed by atoms with Crippen molar-refractivity contribution in [3.63, 3.8) is 0 Å². The molecule has 0 spiro atoms. The lowest BCUT2D eigenvalue weighted by Crippen LogP contribution is -2.33. The van der Waals surface area contributed by atoms with Gasteiger partial charge in [0.25, 0.3) is 5.91 Å². The van der Waals surface area contributed by atoms with Gasteiger partial charge in [0.2, 0.25) is 0 Å². The highest BCUT2D eigenvalue weighted by molar-refractivity contribution is 7.13. The van der Waals surface area contributed by atoms with Crippen LogP contribution in [0.25, 0.3) is 0 Å². The second-order valence-electron chi connectivity index (χ2n) is 5.30. The van der Waals surface area contributed by atoms with Crippen molar-refractivity contribution in [1.29, 1.82) is 0 Å². The molecule has 1 fully saturated rings. The number of hydrogen-bond donors (Lipinski definition) is 1. The van der Waals surface area contributed by atoms with Gasteiger partial charge < -0.3 is 15.4 Å². The molecule has 2 heterocycles. The summed E-state index contributed by atoms with van der Waals surface area (Å²) in [6.45, 7) is 8.03. The molecule has 1 aliphatic rings. The number of rotatable bonds is 5. The normalized spacial score (nSPS) is 21.9. The minimum absolute atomic E-state index is 0. The summed E-state index contributed by atoms with van der Waals surface area (Å²) >= 11 is 1.43. The fraction of sp³-hybridized carbons (Fsp3) is 0.714. The lowest BCUT2D eigenvalue weighted by Gasteiger charge is -2.20. The van der Waals surface area contributed by atoms with Crippen molar-refractivity contribution in [2.24, 2.45) is 11.7 Å². The first-order valence-electron chi connectivity index (χ1n) is 7.15. The molecule has 2 N–H and O–H groups in total. The van der Waals surface area contributed by atoms with Gasteiger partial charge in [-0.3, -0.25) is 4.79 Å². The number of halogens is 2. The fourth-order valence-corrected chi connectivity index (χ4v) is 3.51. The van der Waals surface area contributed by atoms with Crippen LogP contribution in [0.15, 0.2) is 6.20 Å². The van der Waals surface area contributed by atoms with Crippen molar-refractivity contribution >= 4 is 42.1 Å². The number of nitrogens with zero attached hydrogens (tertiary/aromatic N) is 2. The molecule has 22 heavy (non-hydrogen) atoms. The molecule has 0 bridgehead atoms. The Hall–Kier alpha value is -0.400. The highest BCUT2D eigenvalue weighted by Crippen LogP contribution is 2.28. The average molecular weight is 370 g/mol. The van der Waals surface area contributed by atoms with Crippen LogP contribution in [0.3, 0.4) is 0 Å². The summed E-state index contributed by atoms with van der Waals surface area (Å²) < 4.78 is 5.51. The maximum absolute atomic E-state index is 12.5. The minimum Gasteiger partial charge on any atom is -0.372 e. The van der Waals surface area contributed by atoms with E-state index in [-0.39, 0.29) is 42.9 Å². The van der Waals surface area contributed by atoms with E-state index >= 15 is 0 Å². The predicted molar refractivity (Wildman–Crippen MR) is 94.3 cm³/mol. The Kier molecular flexibility index (Phi) is 9.50. The van der Waals surface area contributed by atoms with Crippen molar-refractivity contribution in [2.45, 2.75) is 39.3 Å². The summed E-state index contributed by atoms with van der Waals surface area (Å²) in [7, 11) is 0.